The van der Waals surface area contributed by atoms with Gasteiger partial charge in [-0.2, -0.15) is 0 Å². The van der Waals surface area contributed by atoms with Gasteiger partial charge >= 0.3 is 0 Å². The number of ether oxygens (including phenoxy) is 5. The Bertz CT molecular complexity index is 815. The summed E-state index contributed by atoms with van der Waals surface area (Å²) in [4.78, 5) is 0. The molecule has 2 aromatic rings. The topological polar surface area (TPSA) is 52.8 Å². The molecule has 0 radical (unpaired) electrons. The number of benzene rings is 2. The highest BCUT2D eigenvalue weighted by Gasteiger charge is 2.43. The van der Waals surface area contributed by atoms with Crippen LogP contribution in [0.15, 0.2) is 48.5 Å². The van der Waals surface area contributed by atoms with Crippen molar-refractivity contribution in [2.24, 2.45) is 5.92 Å². The third-order valence-electron chi connectivity index (χ3n) is 6.30. The fourth-order valence-electron chi connectivity index (χ4n) is 4.21. The van der Waals surface area contributed by atoms with E-state index in [0.29, 0.717) is 30.8 Å². The number of fused-ring (bicyclic) bond motifs is 1. The second-order valence-corrected chi connectivity index (χ2v) is 8.84. The SMILES string of the molecule is c1cc(-c2ccc(OCC3CCC4OC4C3)cc2)ccc1OCCCCOCC1CO1. The lowest BCUT2D eigenvalue weighted by atomic mass is 9.90. The molecule has 2 heterocycles. The standard InChI is InChI=1S/C26H32O5/c1(13-27-17-24-18-30-24)2-14-28-22-8-4-20(5-9-22)21-6-10-23(11-7-21)29-16-19-3-12-25-26(15-19)31-25/h4-11,19,24-26H,1-3,12-18H2. The van der Waals surface area contributed by atoms with E-state index in [2.05, 4.69) is 36.4 Å². The second kappa shape index (κ2) is 10.0. The molecule has 2 aliphatic heterocycles. The van der Waals surface area contributed by atoms with E-state index in [1.165, 1.54) is 24.0 Å². The van der Waals surface area contributed by atoms with Gasteiger partial charge in [-0.1, -0.05) is 24.3 Å². The van der Waals surface area contributed by atoms with Crippen LogP contribution < -0.4 is 9.47 Å². The van der Waals surface area contributed by atoms with Crippen LogP contribution in [0.25, 0.3) is 11.1 Å². The molecule has 166 valence electrons. The van der Waals surface area contributed by atoms with Crippen molar-refractivity contribution in [3.05, 3.63) is 48.5 Å². The summed E-state index contributed by atoms with van der Waals surface area (Å²) < 4.78 is 28.1. The molecule has 4 atom stereocenters. The predicted molar refractivity (Wildman–Crippen MR) is 119 cm³/mol. The van der Waals surface area contributed by atoms with Crippen molar-refractivity contribution in [3.8, 4) is 22.6 Å². The van der Waals surface area contributed by atoms with E-state index in [-0.39, 0.29) is 0 Å². The highest BCUT2D eigenvalue weighted by Crippen LogP contribution is 2.39. The number of hydrogen-bond donors (Lipinski definition) is 0. The van der Waals surface area contributed by atoms with Gasteiger partial charge in [0.15, 0.2) is 0 Å². The summed E-state index contributed by atoms with van der Waals surface area (Å²) in [5, 5.41) is 0. The van der Waals surface area contributed by atoms with Crippen LogP contribution in [0.3, 0.4) is 0 Å². The largest absolute Gasteiger partial charge is 0.494 e. The number of epoxide rings is 2. The molecule has 5 nitrogen and oxygen atoms in total. The first-order valence-electron chi connectivity index (χ1n) is 11.6. The first-order valence-corrected chi connectivity index (χ1v) is 11.6. The summed E-state index contributed by atoms with van der Waals surface area (Å²) in [5.74, 6) is 2.47. The maximum Gasteiger partial charge on any atom is 0.119 e. The van der Waals surface area contributed by atoms with Gasteiger partial charge < -0.3 is 23.7 Å². The third kappa shape index (κ3) is 6.22. The van der Waals surface area contributed by atoms with E-state index in [9.17, 15) is 0 Å². The molecule has 2 saturated heterocycles. The molecule has 5 rings (SSSR count). The molecule has 4 unspecified atom stereocenters. The Labute approximate surface area is 184 Å². The van der Waals surface area contributed by atoms with E-state index >= 15 is 0 Å². The predicted octanol–water partition coefficient (Wildman–Crippen LogP) is 4.87. The van der Waals surface area contributed by atoms with Crippen LogP contribution >= 0.6 is 0 Å². The monoisotopic (exact) mass is 424 g/mol. The Kier molecular flexibility index (Phi) is 6.73. The highest BCUT2D eigenvalue weighted by atomic mass is 16.6. The van der Waals surface area contributed by atoms with Crippen LogP contribution in [-0.4, -0.2) is 51.3 Å². The minimum atomic E-state index is 0.348. The minimum Gasteiger partial charge on any atom is -0.494 e. The Morgan fingerprint density at radius 1 is 0.742 bits per heavy atom. The maximum absolute atomic E-state index is 6.03. The fraction of sp³-hybridized carbons (Fsp3) is 0.538. The van der Waals surface area contributed by atoms with Crippen LogP contribution in [0, 0.1) is 5.92 Å². The lowest BCUT2D eigenvalue weighted by Crippen LogP contribution is -2.19. The zero-order valence-electron chi connectivity index (χ0n) is 18.0. The summed E-state index contributed by atoms with van der Waals surface area (Å²) in [6.07, 6.45) is 6.98. The van der Waals surface area contributed by atoms with Gasteiger partial charge in [0.1, 0.15) is 17.6 Å². The van der Waals surface area contributed by atoms with Gasteiger partial charge in [-0.25, -0.2) is 0 Å². The van der Waals surface area contributed by atoms with Crippen LogP contribution in [0.1, 0.15) is 32.1 Å². The molecule has 2 aromatic carbocycles. The summed E-state index contributed by atoms with van der Waals surface area (Å²) in [6, 6.07) is 16.7. The Balaban J connectivity index is 1.01. The molecule has 0 bridgehead atoms. The molecule has 0 N–H and O–H groups in total. The van der Waals surface area contributed by atoms with Gasteiger partial charge in [-0.15, -0.1) is 0 Å². The molecule has 3 fully saturated rings. The van der Waals surface area contributed by atoms with Crippen LogP contribution in [0.5, 0.6) is 11.5 Å². The molecule has 1 aliphatic carbocycles. The van der Waals surface area contributed by atoms with Crippen LogP contribution in [-0.2, 0) is 14.2 Å². The molecule has 31 heavy (non-hydrogen) atoms. The number of hydrogen-bond acceptors (Lipinski definition) is 5. The van der Waals surface area contributed by atoms with Crippen LogP contribution in [0.2, 0.25) is 0 Å². The van der Waals surface area contributed by atoms with Gasteiger partial charge in [0.25, 0.3) is 0 Å². The first-order chi connectivity index (χ1) is 15.3. The van der Waals surface area contributed by atoms with Crippen molar-refractivity contribution < 1.29 is 23.7 Å². The lowest BCUT2D eigenvalue weighted by molar-refractivity contribution is 0.110. The lowest BCUT2D eigenvalue weighted by Gasteiger charge is -2.19. The highest BCUT2D eigenvalue weighted by molar-refractivity contribution is 5.64. The van der Waals surface area contributed by atoms with Gasteiger partial charge in [-0.05, 0) is 73.4 Å². The Hall–Kier alpha value is -2.08. The van der Waals surface area contributed by atoms with Crippen molar-refractivity contribution in [3.63, 3.8) is 0 Å². The summed E-state index contributed by atoms with van der Waals surface area (Å²) >= 11 is 0. The zero-order chi connectivity index (χ0) is 20.9. The van der Waals surface area contributed by atoms with Crippen molar-refractivity contribution in [2.75, 3.05) is 33.0 Å². The third-order valence-corrected chi connectivity index (χ3v) is 6.30. The molecule has 3 aliphatic rings. The normalized spacial score (nSPS) is 26.2. The van der Waals surface area contributed by atoms with Crippen molar-refractivity contribution in [1.82, 2.24) is 0 Å². The van der Waals surface area contributed by atoms with Gasteiger partial charge in [0, 0.05) is 6.61 Å². The molecule has 0 aromatic heterocycles. The second-order valence-electron chi connectivity index (χ2n) is 8.84. The first kappa shape index (κ1) is 20.8. The Morgan fingerprint density at radius 2 is 1.42 bits per heavy atom. The molecular weight excluding hydrogens is 392 g/mol. The number of rotatable bonds is 12. The van der Waals surface area contributed by atoms with E-state index in [1.807, 2.05) is 12.1 Å². The molecule has 0 spiro atoms. The average molecular weight is 425 g/mol. The zero-order valence-corrected chi connectivity index (χ0v) is 18.0. The quantitative estimate of drug-likeness (QED) is 0.359. The minimum absolute atomic E-state index is 0.348. The molecule has 5 heteroatoms. The maximum atomic E-state index is 6.03. The molecular formula is C26H32O5. The van der Waals surface area contributed by atoms with E-state index < -0.39 is 0 Å². The van der Waals surface area contributed by atoms with Crippen molar-refractivity contribution >= 4 is 0 Å². The van der Waals surface area contributed by atoms with Gasteiger partial charge in [-0.3, -0.25) is 0 Å². The smallest absolute Gasteiger partial charge is 0.119 e. The Morgan fingerprint density at radius 3 is 2.10 bits per heavy atom. The van der Waals surface area contributed by atoms with E-state index in [4.69, 9.17) is 23.7 Å². The summed E-state index contributed by atoms with van der Waals surface area (Å²) in [7, 11) is 0. The van der Waals surface area contributed by atoms with E-state index in [1.54, 1.807) is 0 Å². The fourth-order valence-corrected chi connectivity index (χ4v) is 4.21. The van der Waals surface area contributed by atoms with Crippen molar-refractivity contribution in [2.45, 2.75) is 50.4 Å². The van der Waals surface area contributed by atoms with Crippen LogP contribution in [0.4, 0.5) is 0 Å². The van der Waals surface area contributed by atoms with Gasteiger partial charge in [0.2, 0.25) is 0 Å². The summed E-state index contributed by atoms with van der Waals surface area (Å²) in [6.45, 7) is 3.86. The van der Waals surface area contributed by atoms with Gasteiger partial charge in [0.05, 0.1) is 38.6 Å². The summed E-state index contributed by atoms with van der Waals surface area (Å²) in [5.41, 5.74) is 2.36. The van der Waals surface area contributed by atoms with Crippen molar-refractivity contribution in [1.29, 1.82) is 0 Å². The van der Waals surface area contributed by atoms with E-state index in [0.717, 1.165) is 57.2 Å². The number of unbranched alkanes of at least 4 members (excludes halogenated alkanes) is 1. The molecule has 1 saturated carbocycles. The molecule has 0 amide bonds. The average Bonchev–Trinajstić information content (AvgIpc) is 3.73.